The summed E-state index contributed by atoms with van der Waals surface area (Å²) in [6.07, 6.45) is 1.06. The van der Waals surface area contributed by atoms with Crippen LogP contribution in [0.1, 0.15) is 18.1 Å². The van der Waals surface area contributed by atoms with Gasteiger partial charge >= 0.3 is 0 Å². The van der Waals surface area contributed by atoms with Crippen LogP contribution in [-0.4, -0.2) is 38.3 Å². The molecule has 1 rings (SSSR count). The summed E-state index contributed by atoms with van der Waals surface area (Å²) in [5, 5.41) is 0. The molecule has 0 saturated heterocycles. The highest BCUT2D eigenvalue weighted by Crippen LogP contribution is 2.09. The molecule has 0 aliphatic carbocycles. The molecule has 0 aromatic heterocycles. The molecule has 0 aliphatic heterocycles. The molecular formula is C14H24N2O. The summed E-state index contributed by atoms with van der Waals surface area (Å²) in [5.74, 6) is 0. The van der Waals surface area contributed by atoms with Crippen molar-refractivity contribution in [2.45, 2.75) is 19.9 Å². The molecule has 3 heteroatoms. The number of methoxy groups -OCH3 is 1. The summed E-state index contributed by atoms with van der Waals surface area (Å²) in [7, 11) is 1.75. The molecule has 1 aromatic carbocycles. The fourth-order valence-electron chi connectivity index (χ4n) is 1.93. The van der Waals surface area contributed by atoms with Gasteiger partial charge < -0.3 is 15.4 Å². The van der Waals surface area contributed by atoms with Crippen LogP contribution in [0.3, 0.4) is 0 Å². The van der Waals surface area contributed by atoms with Gasteiger partial charge in [0.05, 0.1) is 6.61 Å². The molecular weight excluding hydrogens is 212 g/mol. The first-order valence-electron chi connectivity index (χ1n) is 6.30. The minimum Gasteiger partial charge on any atom is -0.383 e. The predicted octanol–water partition coefficient (Wildman–Crippen LogP) is 1.66. The van der Waals surface area contributed by atoms with Gasteiger partial charge in [0.25, 0.3) is 0 Å². The van der Waals surface area contributed by atoms with Crippen LogP contribution in [0.25, 0.3) is 0 Å². The van der Waals surface area contributed by atoms with Crippen molar-refractivity contribution in [3.05, 3.63) is 35.4 Å². The molecule has 0 fully saturated rings. The van der Waals surface area contributed by atoms with Crippen LogP contribution in [0.5, 0.6) is 0 Å². The maximum absolute atomic E-state index is 5.74. The highest BCUT2D eigenvalue weighted by molar-refractivity contribution is 5.27. The molecule has 96 valence electrons. The average Bonchev–Trinajstić information content (AvgIpc) is 2.39. The Hall–Kier alpha value is -0.900. The van der Waals surface area contributed by atoms with Gasteiger partial charge in [-0.3, -0.25) is 0 Å². The first-order valence-corrected chi connectivity index (χ1v) is 6.30. The van der Waals surface area contributed by atoms with Gasteiger partial charge in [-0.15, -0.1) is 0 Å². The number of likely N-dealkylation sites (N-methyl/N-ethyl adjacent to an activating group) is 1. The van der Waals surface area contributed by atoms with E-state index in [1.54, 1.807) is 7.11 Å². The maximum Gasteiger partial charge on any atom is 0.0589 e. The summed E-state index contributed by atoms with van der Waals surface area (Å²) >= 11 is 0. The lowest BCUT2D eigenvalue weighted by atomic mass is 10.0. The molecule has 0 unspecified atom stereocenters. The Balaban J connectivity index is 2.47. The topological polar surface area (TPSA) is 38.5 Å². The lowest BCUT2D eigenvalue weighted by Gasteiger charge is -2.20. The maximum atomic E-state index is 5.74. The second kappa shape index (κ2) is 8.23. The normalized spacial score (nSPS) is 11.1. The second-order valence-corrected chi connectivity index (χ2v) is 4.15. The summed E-state index contributed by atoms with van der Waals surface area (Å²) in [4.78, 5) is 2.40. The zero-order valence-electron chi connectivity index (χ0n) is 11.0. The smallest absolute Gasteiger partial charge is 0.0589 e. The van der Waals surface area contributed by atoms with E-state index < -0.39 is 0 Å². The Kier molecular flexibility index (Phi) is 6.86. The van der Waals surface area contributed by atoms with E-state index in [2.05, 4.69) is 30.0 Å². The van der Waals surface area contributed by atoms with Crippen LogP contribution >= 0.6 is 0 Å². The quantitative estimate of drug-likeness (QED) is 0.746. The van der Waals surface area contributed by atoms with E-state index in [0.717, 1.165) is 32.7 Å². The number of benzene rings is 1. The van der Waals surface area contributed by atoms with Crippen molar-refractivity contribution < 1.29 is 4.74 Å². The molecule has 2 N–H and O–H groups in total. The number of rotatable bonds is 8. The van der Waals surface area contributed by atoms with E-state index in [1.165, 1.54) is 11.1 Å². The average molecular weight is 236 g/mol. The Labute approximate surface area is 105 Å². The van der Waals surface area contributed by atoms with Crippen molar-refractivity contribution in [1.82, 2.24) is 4.90 Å². The van der Waals surface area contributed by atoms with Crippen molar-refractivity contribution in [2.75, 3.05) is 33.4 Å². The van der Waals surface area contributed by atoms with Gasteiger partial charge in [-0.1, -0.05) is 31.2 Å². The first kappa shape index (κ1) is 14.2. The van der Waals surface area contributed by atoms with Gasteiger partial charge in [-0.05, 0) is 24.1 Å². The highest BCUT2D eigenvalue weighted by Gasteiger charge is 2.04. The van der Waals surface area contributed by atoms with E-state index in [-0.39, 0.29) is 0 Å². The zero-order chi connectivity index (χ0) is 12.5. The van der Waals surface area contributed by atoms with Crippen LogP contribution in [0, 0.1) is 0 Å². The number of nitrogens with zero attached hydrogens (tertiary/aromatic N) is 1. The molecule has 17 heavy (non-hydrogen) atoms. The third kappa shape index (κ3) is 4.86. The summed E-state index contributed by atoms with van der Waals surface area (Å²) in [6, 6.07) is 8.42. The summed E-state index contributed by atoms with van der Waals surface area (Å²) in [5.41, 5.74) is 8.36. The molecule has 0 atom stereocenters. The molecule has 0 saturated carbocycles. The van der Waals surface area contributed by atoms with E-state index in [9.17, 15) is 0 Å². The molecule has 0 radical (unpaired) electrons. The Morgan fingerprint density at radius 2 is 1.88 bits per heavy atom. The van der Waals surface area contributed by atoms with Gasteiger partial charge in [0.2, 0.25) is 0 Å². The van der Waals surface area contributed by atoms with Crippen LogP contribution in [0.4, 0.5) is 0 Å². The minimum absolute atomic E-state index is 0.625. The highest BCUT2D eigenvalue weighted by atomic mass is 16.5. The summed E-state index contributed by atoms with van der Waals surface area (Å²) in [6.45, 7) is 6.74. The van der Waals surface area contributed by atoms with Crippen LogP contribution in [-0.2, 0) is 17.7 Å². The lowest BCUT2D eigenvalue weighted by Crippen LogP contribution is -2.29. The lowest BCUT2D eigenvalue weighted by molar-refractivity contribution is 0.151. The molecule has 1 aromatic rings. The number of hydrogen-bond acceptors (Lipinski definition) is 3. The van der Waals surface area contributed by atoms with E-state index in [0.29, 0.717) is 6.54 Å². The fourth-order valence-corrected chi connectivity index (χ4v) is 1.93. The molecule has 0 bridgehead atoms. The van der Waals surface area contributed by atoms with Crippen LogP contribution in [0.15, 0.2) is 24.3 Å². The summed E-state index contributed by atoms with van der Waals surface area (Å²) < 4.78 is 5.11. The Morgan fingerprint density at radius 1 is 1.18 bits per heavy atom. The molecule has 0 spiro atoms. The van der Waals surface area contributed by atoms with Crippen molar-refractivity contribution >= 4 is 0 Å². The van der Waals surface area contributed by atoms with Gasteiger partial charge in [0.1, 0.15) is 0 Å². The second-order valence-electron chi connectivity index (χ2n) is 4.15. The SMILES string of the molecule is CCN(CCOC)CCc1ccccc1CN. The fraction of sp³-hybridized carbons (Fsp3) is 0.571. The Bertz CT molecular complexity index is 315. The zero-order valence-corrected chi connectivity index (χ0v) is 11.0. The van der Waals surface area contributed by atoms with Crippen LogP contribution in [0.2, 0.25) is 0 Å². The number of ether oxygens (including phenoxy) is 1. The third-order valence-electron chi connectivity index (χ3n) is 3.09. The monoisotopic (exact) mass is 236 g/mol. The van der Waals surface area contributed by atoms with Crippen molar-refractivity contribution in [3.63, 3.8) is 0 Å². The van der Waals surface area contributed by atoms with Gasteiger partial charge in [-0.2, -0.15) is 0 Å². The molecule has 0 amide bonds. The Morgan fingerprint density at radius 3 is 2.47 bits per heavy atom. The van der Waals surface area contributed by atoms with Crippen molar-refractivity contribution in [2.24, 2.45) is 5.73 Å². The van der Waals surface area contributed by atoms with Gasteiger partial charge in [0.15, 0.2) is 0 Å². The molecule has 0 aliphatic rings. The first-order chi connectivity index (χ1) is 8.31. The van der Waals surface area contributed by atoms with Gasteiger partial charge in [0, 0.05) is 26.7 Å². The molecule has 3 nitrogen and oxygen atoms in total. The van der Waals surface area contributed by atoms with Crippen LogP contribution < -0.4 is 5.73 Å². The van der Waals surface area contributed by atoms with E-state index in [1.807, 2.05) is 6.07 Å². The van der Waals surface area contributed by atoms with Crippen molar-refractivity contribution in [1.29, 1.82) is 0 Å². The molecule has 0 heterocycles. The van der Waals surface area contributed by atoms with Crippen molar-refractivity contribution in [3.8, 4) is 0 Å². The standard InChI is InChI=1S/C14H24N2O/c1-3-16(10-11-17-2)9-8-13-6-4-5-7-14(13)12-15/h4-7H,3,8-12,15H2,1-2H3. The number of nitrogens with two attached hydrogens (primary N) is 1. The third-order valence-corrected chi connectivity index (χ3v) is 3.09. The predicted molar refractivity (Wildman–Crippen MR) is 72.0 cm³/mol. The van der Waals surface area contributed by atoms with E-state index >= 15 is 0 Å². The number of hydrogen-bond donors (Lipinski definition) is 1. The van der Waals surface area contributed by atoms with E-state index in [4.69, 9.17) is 10.5 Å². The van der Waals surface area contributed by atoms with Gasteiger partial charge in [-0.25, -0.2) is 0 Å². The minimum atomic E-state index is 0.625. The largest absolute Gasteiger partial charge is 0.383 e.